The normalized spacial score (nSPS) is 16.4. The summed E-state index contributed by atoms with van der Waals surface area (Å²) < 4.78 is 0. The van der Waals surface area contributed by atoms with E-state index < -0.39 is 0 Å². The van der Waals surface area contributed by atoms with Crippen molar-refractivity contribution in [3.63, 3.8) is 0 Å². The van der Waals surface area contributed by atoms with Crippen LogP contribution in [0.15, 0.2) is 24.3 Å². The minimum Gasteiger partial charge on any atom is -0.353 e. The predicted molar refractivity (Wildman–Crippen MR) is 132 cm³/mol. The average molecular weight is 444 g/mol. The quantitative estimate of drug-likeness (QED) is 0.592. The molecule has 0 saturated carbocycles. The van der Waals surface area contributed by atoms with Gasteiger partial charge in [0, 0.05) is 54.9 Å². The van der Waals surface area contributed by atoms with E-state index in [1.54, 1.807) is 0 Å². The van der Waals surface area contributed by atoms with Gasteiger partial charge < -0.3 is 9.80 Å². The van der Waals surface area contributed by atoms with Gasteiger partial charge >= 0.3 is 0 Å². The topological polar surface area (TPSA) is 62.2 Å². The van der Waals surface area contributed by atoms with Crippen molar-refractivity contribution in [3.8, 4) is 0 Å². The number of piperazine rings is 1. The van der Waals surface area contributed by atoms with E-state index in [1.165, 1.54) is 11.1 Å². The van der Waals surface area contributed by atoms with Crippen molar-refractivity contribution >= 4 is 22.6 Å². The van der Waals surface area contributed by atoms with E-state index in [-0.39, 0.29) is 5.91 Å². The first-order valence-electron chi connectivity index (χ1n) is 12.2. The Balaban J connectivity index is 1.43. The lowest BCUT2D eigenvalue weighted by atomic mass is 9.89. The van der Waals surface area contributed by atoms with Gasteiger partial charge in [0.15, 0.2) is 0 Å². The molecule has 6 heteroatoms. The van der Waals surface area contributed by atoms with Crippen LogP contribution in [0.1, 0.15) is 71.3 Å². The fraction of sp³-hybridized carbons (Fsp3) is 0.481. The van der Waals surface area contributed by atoms with Crippen LogP contribution >= 0.6 is 0 Å². The smallest absolute Gasteiger partial charge is 0.255 e. The molecule has 0 bridgehead atoms. The van der Waals surface area contributed by atoms with Crippen molar-refractivity contribution in [1.82, 2.24) is 19.9 Å². The molecule has 0 atom stereocenters. The highest BCUT2D eigenvalue weighted by Crippen LogP contribution is 2.31. The van der Waals surface area contributed by atoms with Crippen LogP contribution in [-0.2, 0) is 12.8 Å². The first-order valence-corrected chi connectivity index (χ1v) is 12.2. The second-order valence-corrected chi connectivity index (χ2v) is 9.80. The van der Waals surface area contributed by atoms with Gasteiger partial charge in [0.25, 0.3) is 5.91 Å². The molecule has 172 valence electrons. The van der Waals surface area contributed by atoms with Crippen molar-refractivity contribution in [2.24, 2.45) is 0 Å². The third-order valence-corrected chi connectivity index (χ3v) is 6.90. The lowest BCUT2D eigenvalue weighted by Gasteiger charge is -2.36. The van der Waals surface area contributed by atoms with Gasteiger partial charge in [0.05, 0.1) is 11.1 Å². The van der Waals surface area contributed by atoms with Gasteiger partial charge in [-0.1, -0.05) is 25.5 Å². The van der Waals surface area contributed by atoms with Gasteiger partial charge in [-0.2, -0.15) is 0 Å². The molecule has 2 aliphatic rings. The maximum atomic E-state index is 13.9. The molecule has 33 heavy (non-hydrogen) atoms. The van der Waals surface area contributed by atoms with Gasteiger partial charge in [0.1, 0.15) is 11.6 Å². The first-order chi connectivity index (χ1) is 15.9. The minimum atomic E-state index is 0.160. The zero-order valence-corrected chi connectivity index (χ0v) is 20.2. The summed E-state index contributed by atoms with van der Waals surface area (Å²) in [4.78, 5) is 32.5. The molecule has 1 aliphatic heterocycles. The molecule has 0 radical (unpaired) electrons. The highest BCUT2D eigenvalue weighted by molar-refractivity contribution is 6.08. The molecule has 5 rings (SSSR count). The van der Waals surface area contributed by atoms with E-state index in [0.29, 0.717) is 19.0 Å². The van der Waals surface area contributed by atoms with Crippen LogP contribution in [0.4, 0.5) is 5.82 Å². The maximum Gasteiger partial charge on any atom is 0.255 e. The average Bonchev–Trinajstić information content (AvgIpc) is 2.82. The Morgan fingerprint density at radius 1 is 0.939 bits per heavy atom. The zero-order valence-electron chi connectivity index (χ0n) is 20.2. The maximum absolute atomic E-state index is 13.9. The summed E-state index contributed by atoms with van der Waals surface area (Å²) in [6.45, 7) is 11.3. The number of pyridine rings is 1. The largest absolute Gasteiger partial charge is 0.353 e. The van der Waals surface area contributed by atoms with Crippen molar-refractivity contribution in [1.29, 1.82) is 0 Å². The monoisotopic (exact) mass is 443 g/mol. The molecule has 0 spiro atoms. The van der Waals surface area contributed by atoms with Crippen LogP contribution in [-0.4, -0.2) is 51.9 Å². The molecule has 1 aromatic carbocycles. The number of carbonyl (C=O) groups excluding carboxylic acids is 1. The Morgan fingerprint density at radius 3 is 2.45 bits per heavy atom. The summed E-state index contributed by atoms with van der Waals surface area (Å²) in [5.74, 6) is 2.31. The molecule has 0 unspecified atom stereocenters. The van der Waals surface area contributed by atoms with Crippen LogP contribution < -0.4 is 4.90 Å². The van der Waals surface area contributed by atoms with Crippen molar-refractivity contribution in [3.05, 3.63) is 58.2 Å². The number of amides is 1. The number of carbonyl (C=O) groups is 1. The van der Waals surface area contributed by atoms with Crippen LogP contribution in [0.25, 0.3) is 10.9 Å². The van der Waals surface area contributed by atoms with Gasteiger partial charge in [-0.25, -0.2) is 9.97 Å². The molecular formula is C27H33N5O. The second-order valence-electron chi connectivity index (χ2n) is 9.80. The SMILES string of the molecule is Cc1ccc2nc3c(c(C(=O)N4CCN(c5cc(C)nc(C(C)C)n5)CC4)c2c1)CCCC3. The molecule has 6 nitrogen and oxygen atoms in total. The van der Waals surface area contributed by atoms with Crippen molar-refractivity contribution in [2.75, 3.05) is 31.1 Å². The molecule has 3 heterocycles. The van der Waals surface area contributed by atoms with Crippen LogP contribution in [0, 0.1) is 13.8 Å². The van der Waals surface area contributed by atoms with E-state index in [1.807, 2.05) is 11.8 Å². The second kappa shape index (κ2) is 8.73. The van der Waals surface area contributed by atoms with Gasteiger partial charge in [-0.15, -0.1) is 0 Å². The standard InChI is InChI=1S/C27H33N5O/c1-17(2)26-28-19(4)16-24(30-26)31-11-13-32(14-12-31)27(33)25-20-7-5-6-8-22(20)29-23-10-9-18(3)15-21(23)25/h9-10,15-17H,5-8,11-14H2,1-4H3. The lowest BCUT2D eigenvalue weighted by Crippen LogP contribution is -2.49. The van der Waals surface area contributed by atoms with E-state index in [9.17, 15) is 4.79 Å². The van der Waals surface area contributed by atoms with E-state index >= 15 is 0 Å². The van der Waals surface area contributed by atoms with E-state index in [0.717, 1.165) is 78.3 Å². The van der Waals surface area contributed by atoms with Crippen LogP contribution in [0.3, 0.4) is 0 Å². The third kappa shape index (κ3) is 4.19. The number of anilines is 1. The molecule has 1 aliphatic carbocycles. The molecule has 0 N–H and O–H groups in total. The predicted octanol–water partition coefficient (Wildman–Crippen LogP) is 4.61. The Kier molecular flexibility index (Phi) is 5.77. The van der Waals surface area contributed by atoms with Gasteiger partial charge in [0.2, 0.25) is 0 Å². The summed E-state index contributed by atoms with van der Waals surface area (Å²) in [6.07, 6.45) is 4.20. The Morgan fingerprint density at radius 2 is 1.70 bits per heavy atom. The Labute approximate surface area is 196 Å². The Hall–Kier alpha value is -3.02. The molecule has 3 aromatic rings. The number of aromatic nitrogens is 3. The van der Waals surface area contributed by atoms with Gasteiger partial charge in [-0.3, -0.25) is 9.78 Å². The minimum absolute atomic E-state index is 0.160. The number of hydrogen-bond donors (Lipinski definition) is 0. The van der Waals surface area contributed by atoms with E-state index in [4.69, 9.17) is 9.97 Å². The molecule has 2 aromatic heterocycles. The molecule has 1 saturated heterocycles. The van der Waals surface area contributed by atoms with Gasteiger partial charge in [-0.05, 0) is 57.2 Å². The zero-order chi connectivity index (χ0) is 23.1. The highest BCUT2D eigenvalue weighted by Gasteiger charge is 2.29. The van der Waals surface area contributed by atoms with Crippen molar-refractivity contribution < 1.29 is 4.79 Å². The number of hydrogen-bond acceptors (Lipinski definition) is 5. The first kappa shape index (κ1) is 21.8. The summed E-state index contributed by atoms with van der Waals surface area (Å²) in [6, 6.07) is 8.35. The fourth-order valence-corrected chi connectivity index (χ4v) is 5.07. The summed E-state index contributed by atoms with van der Waals surface area (Å²) in [7, 11) is 0. The molecular weight excluding hydrogens is 410 g/mol. The van der Waals surface area contributed by atoms with Crippen LogP contribution in [0.5, 0.6) is 0 Å². The van der Waals surface area contributed by atoms with Crippen molar-refractivity contribution in [2.45, 2.75) is 59.3 Å². The number of nitrogens with zero attached hydrogens (tertiary/aromatic N) is 5. The van der Waals surface area contributed by atoms with E-state index in [2.05, 4.69) is 54.9 Å². The Bertz CT molecular complexity index is 1210. The summed E-state index contributed by atoms with van der Waals surface area (Å²) in [5, 5.41) is 1.01. The number of aryl methyl sites for hydroxylation is 3. The molecule has 1 amide bonds. The summed E-state index contributed by atoms with van der Waals surface area (Å²) >= 11 is 0. The summed E-state index contributed by atoms with van der Waals surface area (Å²) in [5.41, 5.74) is 6.30. The number of rotatable bonds is 3. The number of fused-ring (bicyclic) bond motifs is 2. The highest BCUT2D eigenvalue weighted by atomic mass is 16.2. The lowest BCUT2D eigenvalue weighted by molar-refractivity contribution is 0.0747. The molecule has 1 fully saturated rings. The van der Waals surface area contributed by atoms with Crippen LogP contribution in [0.2, 0.25) is 0 Å². The fourth-order valence-electron chi connectivity index (χ4n) is 5.07. The third-order valence-electron chi connectivity index (χ3n) is 6.90. The number of benzene rings is 1.